The summed E-state index contributed by atoms with van der Waals surface area (Å²) in [7, 11) is 0. The number of benzene rings is 2. The Balaban J connectivity index is 1.99. The van der Waals surface area contributed by atoms with Crippen LogP contribution in [-0.2, 0) is 11.2 Å². The molecule has 4 nitrogen and oxygen atoms in total. The highest BCUT2D eigenvalue weighted by molar-refractivity contribution is 5.77. The van der Waals surface area contributed by atoms with Gasteiger partial charge >= 0.3 is 5.97 Å². The number of hydrogen-bond acceptors (Lipinski definition) is 4. The maximum atomic E-state index is 11.7. The van der Waals surface area contributed by atoms with Crippen LogP contribution in [0.1, 0.15) is 5.56 Å². The van der Waals surface area contributed by atoms with E-state index in [0.29, 0.717) is 0 Å². The van der Waals surface area contributed by atoms with Gasteiger partial charge in [-0.25, -0.2) is 4.79 Å². The number of phenols is 1. The van der Waals surface area contributed by atoms with E-state index >= 15 is 0 Å². The van der Waals surface area contributed by atoms with Gasteiger partial charge in [-0.1, -0.05) is 42.5 Å². The van der Waals surface area contributed by atoms with E-state index in [2.05, 4.69) is 0 Å². The number of aliphatic hydroxyl groups excluding tert-OH is 1. The highest BCUT2D eigenvalue weighted by Gasteiger charge is 2.19. The second-order valence-corrected chi connectivity index (χ2v) is 4.09. The lowest BCUT2D eigenvalue weighted by Crippen LogP contribution is -2.27. The normalized spacial score (nSPS) is 11.8. The van der Waals surface area contributed by atoms with Gasteiger partial charge in [0.05, 0.1) is 0 Å². The van der Waals surface area contributed by atoms with Crippen molar-refractivity contribution in [2.45, 2.75) is 12.5 Å². The second-order valence-electron chi connectivity index (χ2n) is 4.09. The minimum atomic E-state index is -1.26. The van der Waals surface area contributed by atoms with Gasteiger partial charge < -0.3 is 14.9 Å². The zero-order chi connectivity index (χ0) is 13.7. The molecule has 2 N–H and O–H groups in total. The fourth-order valence-corrected chi connectivity index (χ4v) is 1.64. The molecule has 0 aliphatic rings. The number of aromatic hydroxyl groups is 1. The molecule has 0 bridgehead atoms. The molecule has 0 aliphatic heterocycles. The number of para-hydroxylation sites is 2. The summed E-state index contributed by atoms with van der Waals surface area (Å²) in [5, 5.41) is 19.2. The average Bonchev–Trinajstić information content (AvgIpc) is 2.42. The van der Waals surface area contributed by atoms with E-state index in [-0.39, 0.29) is 17.9 Å². The van der Waals surface area contributed by atoms with Crippen molar-refractivity contribution >= 4 is 5.97 Å². The molecule has 0 saturated carbocycles. The van der Waals surface area contributed by atoms with Crippen molar-refractivity contribution in [3.05, 3.63) is 60.2 Å². The van der Waals surface area contributed by atoms with Gasteiger partial charge in [0, 0.05) is 6.42 Å². The van der Waals surface area contributed by atoms with Gasteiger partial charge in [-0.05, 0) is 17.7 Å². The third-order valence-corrected chi connectivity index (χ3v) is 2.62. The smallest absolute Gasteiger partial charge is 0.340 e. The minimum Gasteiger partial charge on any atom is -0.504 e. The molecule has 1 unspecified atom stereocenters. The summed E-state index contributed by atoms with van der Waals surface area (Å²) in [6.07, 6.45) is -1.09. The van der Waals surface area contributed by atoms with Crippen molar-refractivity contribution in [2.24, 2.45) is 0 Å². The Bertz CT molecular complexity index is 551. The maximum Gasteiger partial charge on any atom is 0.340 e. The van der Waals surface area contributed by atoms with Crippen LogP contribution < -0.4 is 4.74 Å². The summed E-state index contributed by atoms with van der Waals surface area (Å²) in [6.45, 7) is 0. The number of esters is 1. The maximum absolute atomic E-state index is 11.7. The van der Waals surface area contributed by atoms with Gasteiger partial charge in [0.1, 0.15) is 0 Å². The van der Waals surface area contributed by atoms with Crippen LogP contribution in [0.5, 0.6) is 11.5 Å². The van der Waals surface area contributed by atoms with E-state index in [0.717, 1.165) is 5.56 Å². The van der Waals surface area contributed by atoms with Crippen molar-refractivity contribution in [3.63, 3.8) is 0 Å². The van der Waals surface area contributed by atoms with Gasteiger partial charge in [-0.3, -0.25) is 0 Å². The van der Waals surface area contributed by atoms with Crippen LogP contribution in [0.3, 0.4) is 0 Å². The first-order chi connectivity index (χ1) is 9.16. The van der Waals surface area contributed by atoms with Crippen molar-refractivity contribution in [1.82, 2.24) is 0 Å². The van der Waals surface area contributed by atoms with E-state index < -0.39 is 12.1 Å². The minimum absolute atomic E-state index is 0.0413. The Morgan fingerprint density at radius 3 is 2.37 bits per heavy atom. The lowest BCUT2D eigenvalue weighted by Gasteiger charge is -2.11. The third-order valence-electron chi connectivity index (χ3n) is 2.62. The topological polar surface area (TPSA) is 66.8 Å². The first-order valence-electron chi connectivity index (χ1n) is 5.88. The first-order valence-corrected chi connectivity index (χ1v) is 5.88. The third kappa shape index (κ3) is 3.56. The number of carbonyl (C=O) groups is 1. The van der Waals surface area contributed by atoms with E-state index in [1.54, 1.807) is 12.1 Å². The summed E-state index contributed by atoms with van der Waals surface area (Å²) in [6, 6.07) is 15.3. The van der Waals surface area contributed by atoms with Crippen molar-refractivity contribution < 1.29 is 19.7 Å². The van der Waals surface area contributed by atoms with Crippen LogP contribution in [-0.4, -0.2) is 22.3 Å². The lowest BCUT2D eigenvalue weighted by atomic mass is 10.1. The number of aliphatic hydroxyl groups is 1. The summed E-state index contributed by atoms with van der Waals surface area (Å²) < 4.78 is 4.94. The Morgan fingerprint density at radius 2 is 1.68 bits per heavy atom. The van der Waals surface area contributed by atoms with Crippen LogP contribution in [0.15, 0.2) is 54.6 Å². The first kappa shape index (κ1) is 13.1. The fourth-order valence-electron chi connectivity index (χ4n) is 1.64. The predicted molar refractivity (Wildman–Crippen MR) is 69.9 cm³/mol. The van der Waals surface area contributed by atoms with Crippen molar-refractivity contribution in [3.8, 4) is 11.5 Å². The Morgan fingerprint density at radius 1 is 1.05 bits per heavy atom. The highest BCUT2D eigenvalue weighted by atomic mass is 16.6. The molecule has 0 heterocycles. The van der Waals surface area contributed by atoms with Gasteiger partial charge in [0.15, 0.2) is 17.6 Å². The second kappa shape index (κ2) is 6.02. The molecule has 0 aliphatic carbocycles. The SMILES string of the molecule is O=C(Oc1ccccc1O)C(O)Cc1ccccc1. The van der Waals surface area contributed by atoms with Crippen LogP contribution in [0.2, 0.25) is 0 Å². The molecule has 4 heteroatoms. The molecular weight excluding hydrogens is 244 g/mol. The van der Waals surface area contributed by atoms with Crippen LogP contribution in [0.25, 0.3) is 0 Å². The van der Waals surface area contributed by atoms with Crippen LogP contribution in [0, 0.1) is 0 Å². The van der Waals surface area contributed by atoms with Gasteiger partial charge in [0.25, 0.3) is 0 Å². The van der Waals surface area contributed by atoms with Crippen molar-refractivity contribution in [1.29, 1.82) is 0 Å². The Kier molecular flexibility index (Phi) is 4.15. The quantitative estimate of drug-likeness (QED) is 0.649. The van der Waals surface area contributed by atoms with Gasteiger partial charge in [-0.2, -0.15) is 0 Å². The molecule has 0 radical (unpaired) electrons. The predicted octanol–water partition coefficient (Wildman–Crippen LogP) is 1.90. The van der Waals surface area contributed by atoms with Crippen LogP contribution in [0.4, 0.5) is 0 Å². The standard InChI is InChI=1S/C15H14O4/c16-12-8-4-5-9-14(12)19-15(18)13(17)10-11-6-2-1-3-7-11/h1-9,13,16-17H,10H2. The highest BCUT2D eigenvalue weighted by Crippen LogP contribution is 2.24. The molecule has 19 heavy (non-hydrogen) atoms. The number of rotatable bonds is 4. The zero-order valence-corrected chi connectivity index (χ0v) is 10.2. The summed E-state index contributed by atoms with van der Waals surface area (Å²) in [5.74, 6) is -0.882. The molecule has 1 atom stereocenters. The lowest BCUT2D eigenvalue weighted by molar-refractivity contribution is -0.143. The van der Waals surface area contributed by atoms with Gasteiger partial charge in [0.2, 0.25) is 0 Å². The Hall–Kier alpha value is -2.33. The number of ether oxygens (including phenoxy) is 1. The molecule has 2 rings (SSSR count). The molecule has 0 saturated heterocycles. The summed E-state index contributed by atoms with van der Waals surface area (Å²) in [5.41, 5.74) is 0.837. The molecule has 0 aromatic heterocycles. The zero-order valence-electron chi connectivity index (χ0n) is 10.2. The molecule has 0 fully saturated rings. The number of carbonyl (C=O) groups excluding carboxylic acids is 1. The number of phenolic OH excluding ortho intramolecular Hbond substituents is 1. The van der Waals surface area contributed by atoms with E-state index in [4.69, 9.17) is 4.74 Å². The molecule has 98 valence electrons. The Labute approximate surface area is 110 Å². The molecule has 0 amide bonds. The monoisotopic (exact) mass is 258 g/mol. The summed E-state index contributed by atoms with van der Waals surface area (Å²) >= 11 is 0. The molecular formula is C15H14O4. The van der Waals surface area contributed by atoms with Crippen LogP contribution >= 0.6 is 0 Å². The molecule has 2 aromatic rings. The van der Waals surface area contributed by atoms with Gasteiger partial charge in [-0.15, -0.1) is 0 Å². The summed E-state index contributed by atoms with van der Waals surface area (Å²) in [4.78, 5) is 11.7. The largest absolute Gasteiger partial charge is 0.504 e. The fraction of sp³-hybridized carbons (Fsp3) is 0.133. The average molecular weight is 258 g/mol. The number of hydrogen-bond donors (Lipinski definition) is 2. The van der Waals surface area contributed by atoms with E-state index in [1.165, 1.54) is 12.1 Å². The molecule has 0 spiro atoms. The van der Waals surface area contributed by atoms with E-state index in [1.807, 2.05) is 30.3 Å². The van der Waals surface area contributed by atoms with Crippen molar-refractivity contribution in [2.75, 3.05) is 0 Å². The molecule has 2 aromatic carbocycles. The van der Waals surface area contributed by atoms with E-state index in [9.17, 15) is 15.0 Å².